The lowest BCUT2D eigenvalue weighted by Gasteiger charge is -2.14. The lowest BCUT2D eigenvalue weighted by molar-refractivity contribution is 0.210. The molecule has 1 aromatic carbocycles. The molecule has 1 fully saturated rings. The lowest BCUT2D eigenvalue weighted by Crippen LogP contribution is -2.12. The lowest BCUT2D eigenvalue weighted by atomic mass is 10.2. The van der Waals surface area contributed by atoms with Crippen LogP contribution in [0.5, 0.6) is 5.75 Å². The Bertz CT molecular complexity index is 412. The van der Waals surface area contributed by atoms with Crippen LogP contribution in [-0.2, 0) is 4.74 Å². The Kier molecular flexibility index (Phi) is 4.45. The highest BCUT2D eigenvalue weighted by Crippen LogP contribution is 2.24. The molecule has 1 aliphatic rings. The molecule has 0 amide bonds. The summed E-state index contributed by atoms with van der Waals surface area (Å²) in [6.07, 6.45) is 5.23. The molecule has 4 heteroatoms. The molecule has 0 spiro atoms. The Hall–Kier alpha value is -1.71. The zero-order valence-electron chi connectivity index (χ0n) is 11.0. The summed E-state index contributed by atoms with van der Waals surface area (Å²) in [7, 11) is 3.36. The van der Waals surface area contributed by atoms with Crippen LogP contribution in [-0.4, -0.2) is 26.2 Å². The Morgan fingerprint density at radius 3 is 2.78 bits per heavy atom. The maximum Gasteiger partial charge on any atom is 0.237 e. The maximum atomic E-state index is 5.96. The van der Waals surface area contributed by atoms with Gasteiger partial charge in [-0.3, -0.25) is 0 Å². The van der Waals surface area contributed by atoms with Crippen molar-refractivity contribution in [1.82, 2.24) is 5.43 Å². The highest BCUT2D eigenvalue weighted by molar-refractivity contribution is 5.94. The highest BCUT2D eigenvalue weighted by Gasteiger charge is 2.16. The third-order valence-electron chi connectivity index (χ3n) is 3.09. The standard InChI is InChI=1S/C14H20N2O2/c1-15-16-14(17-2)11-6-5-9-13(10-11)18-12-7-3-4-8-12/h5-6,9-10,12,15H,3-4,7-8H2,1-2H3/b16-14-. The van der Waals surface area contributed by atoms with Crippen LogP contribution in [0.4, 0.5) is 0 Å². The first kappa shape index (κ1) is 12.7. The summed E-state index contributed by atoms with van der Waals surface area (Å²) in [5.41, 5.74) is 3.65. The Morgan fingerprint density at radius 2 is 2.11 bits per heavy atom. The van der Waals surface area contributed by atoms with Crippen molar-refractivity contribution in [3.63, 3.8) is 0 Å². The van der Waals surface area contributed by atoms with Crippen LogP contribution in [0.15, 0.2) is 29.4 Å². The number of rotatable bonds is 4. The molecule has 0 bridgehead atoms. The van der Waals surface area contributed by atoms with E-state index >= 15 is 0 Å². The molecule has 1 aliphatic carbocycles. The van der Waals surface area contributed by atoms with E-state index in [2.05, 4.69) is 10.5 Å². The number of nitrogens with one attached hydrogen (secondary N) is 1. The van der Waals surface area contributed by atoms with E-state index in [0.29, 0.717) is 12.0 Å². The van der Waals surface area contributed by atoms with E-state index < -0.39 is 0 Å². The third-order valence-corrected chi connectivity index (χ3v) is 3.09. The van der Waals surface area contributed by atoms with Gasteiger partial charge in [-0.25, -0.2) is 0 Å². The first-order valence-corrected chi connectivity index (χ1v) is 6.39. The van der Waals surface area contributed by atoms with Crippen LogP contribution in [0.3, 0.4) is 0 Å². The molecule has 1 N–H and O–H groups in total. The number of methoxy groups -OCH3 is 1. The zero-order valence-corrected chi connectivity index (χ0v) is 11.0. The van der Waals surface area contributed by atoms with Crippen LogP contribution < -0.4 is 10.2 Å². The first-order valence-electron chi connectivity index (χ1n) is 6.39. The minimum absolute atomic E-state index is 0.368. The normalized spacial score (nSPS) is 16.7. The molecule has 18 heavy (non-hydrogen) atoms. The second-order valence-corrected chi connectivity index (χ2v) is 4.40. The number of ether oxygens (including phenoxy) is 2. The van der Waals surface area contributed by atoms with Gasteiger partial charge in [-0.15, -0.1) is 5.10 Å². The molecule has 4 nitrogen and oxygen atoms in total. The van der Waals surface area contributed by atoms with Crippen molar-refractivity contribution in [3.05, 3.63) is 29.8 Å². The van der Waals surface area contributed by atoms with Gasteiger partial charge in [-0.2, -0.15) is 0 Å². The predicted molar refractivity (Wildman–Crippen MR) is 71.9 cm³/mol. The average Bonchev–Trinajstić information content (AvgIpc) is 2.89. The molecule has 0 heterocycles. The number of hydrogen-bond donors (Lipinski definition) is 1. The summed E-state index contributed by atoms with van der Waals surface area (Å²) in [5.74, 6) is 1.45. The first-order chi connectivity index (χ1) is 8.83. The smallest absolute Gasteiger partial charge is 0.237 e. The number of hydrazone groups is 1. The summed E-state index contributed by atoms with van der Waals surface area (Å²) in [6, 6.07) is 7.87. The zero-order chi connectivity index (χ0) is 12.8. The van der Waals surface area contributed by atoms with Gasteiger partial charge < -0.3 is 14.9 Å². The van der Waals surface area contributed by atoms with Crippen LogP contribution >= 0.6 is 0 Å². The Balaban J connectivity index is 2.10. The number of benzene rings is 1. The van der Waals surface area contributed by atoms with Crippen LogP contribution in [0.25, 0.3) is 0 Å². The van der Waals surface area contributed by atoms with Crippen molar-refractivity contribution in [3.8, 4) is 5.75 Å². The third kappa shape index (κ3) is 3.15. The fourth-order valence-corrected chi connectivity index (χ4v) is 2.23. The van der Waals surface area contributed by atoms with Crippen LogP contribution in [0.1, 0.15) is 31.2 Å². The molecular weight excluding hydrogens is 228 g/mol. The van der Waals surface area contributed by atoms with Gasteiger partial charge in [0.05, 0.1) is 13.2 Å². The SMILES string of the molecule is CN/N=C(\OC)c1cccc(OC2CCCC2)c1. The molecule has 1 aromatic rings. The maximum absolute atomic E-state index is 5.96. The van der Waals surface area contributed by atoms with Gasteiger partial charge >= 0.3 is 0 Å². The number of hydrogen-bond acceptors (Lipinski definition) is 4. The fraction of sp³-hybridized carbons (Fsp3) is 0.500. The van der Waals surface area contributed by atoms with E-state index in [1.807, 2.05) is 24.3 Å². The second kappa shape index (κ2) is 6.28. The van der Waals surface area contributed by atoms with Crippen molar-refractivity contribution in [2.75, 3.05) is 14.2 Å². The molecule has 0 atom stereocenters. The highest BCUT2D eigenvalue weighted by atomic mass is 16.5. The molecule has 1 saturated carbocycles. The summed E-state index contributed by atoms with van der Waals surface area (Å²) in [4.78, 5) is 0. The number of nitrogens with zero attached hydrogens (tertiary/aromatic N) is 1. The van der Waals surface area contributed by atoms with Crippen LogP contribution in [0.2, 0.25) is 0 Å². The van der Waals surface area contributed by atoms with Crippen molar-refractivity contribution < 1.29 is 9.47 Å². The quantitative estimate of drug-likeness (QED) is 0.506. The van der Waals surface area contributed by atoms with E-state index in [-0.39, 0.29) is 0 Å². The Labute approximate surface area is 108 Å². The van der Waals surface area contributed by atoms with Gasteiger partial charge in [0, 0.05) is 12.6 Å². The van der Waals surface area contributed by atoms with Gasteiger partial charge in [0.2, 0.25) is 5.90 Å². The van der Waals surface area contributed by atoms with Crippen molar-refractivity contribution in [1.29, 1.82) is 0 Å². The van der Waals surface area contributed by atoms with E-state index in [9.17, 15) is 0 Å². The summed E-state index contributed by atoms with van der Waals surface area (Å²) >= 11 is 0. The van der Waals surface area contributed by atoms with E-state index in [0.717, 1.165) is 24.2 Å². The predicted octanol–water partition coefficient (Wildman–Crippen LogP) is 2.54. The van der Waals surface area contributed by atoms with Gasteiger partial charge in [0.25, 0.3) is 0 Å². The van der Waals surface area contributed by atoms with Crippen molar-refractivity contribution >= 4 is 5.90 Å². The molecule has 98 valence electrons. The van der Waals surface area contributed by atoms with Gasteiger partial charge in [-0.05, 0) is 43.9 Å². The van der Waals surface area contributed by atoms with E-state index in [1.54, 1.807) is 14.2 Å². The van der Waals surface area contributed by atoms with Crippen molar-refractivity contribution in [2.24, 2.45) is 5.10 Å². The minimum atomic E-state index is 0.368. The summed E-state index contributed by atoms with van der Waals surface area (Å²) in [6.45, 7) is 0. The monoisotopic (exact) mass is 248 g/mol. The van der Waals surface area contributed by atoms with Gasteiger partial charge in [0.1, 0.15) is 5.75 Å². The fourth-order valence-electron chi connectivity index (χ4n) is 2.23. The minimum Gasteiger partial charge on any atom is -0.490 e. The van der Waals surface area contributed by atoms with Gasteiger partial charge in [0.15, 0.2) is 0 Å². The molecule has 2 rings (SSSR count). The summed E-state index contributed by atoms with van der Waals surface area (Å²) in [5, 5.41) is 4.07. The Morgan fingerprint density at radius 1 is 1.33 bits per heavy atom. The van der Waals surface area contributed by atoms with E-state index in [4.69, 9.17) is 9.47 Å². The molecule has 0 radical (unpaired) electrons. The largest absolute Gasteiger partial charge is 0.490 e. The molecule has 0 saturated heterocycles. The second-order valence-electron chi connectivity index (χ2n) is 4.40. The van der Waals surface area contributed by atoms with Crippen molar-refractivity contribution in [2.45, 2.75) is 31.8 Å². The van der Waals surface area contributed by atoms with Gasteiger partial charge in [-0.1, -0.05) is 6.07 Å². The molecule has 0 unspecified atom stereocenters. The molecule has 0 aromatic heterocycles. The average molecular weight is 248 g/mol. The van der Waals surface area contributed by atoms with E-state index in [1.165, 1.54) is 12.8 Å². The summed E-state index contributed by atoms with van der Waals surface area (Å²) < 4.78 is 11.2. The van der Waals surface area contributed by atoms with Crippen LogP contribution in [0, 0.1) is 0 Å². The topological polar surface area (TPSA) is 42.9 Å². The molecular formula is C14H20N2O2. The molecule has 0 aliphatic heterocycles.